The summed E-state index contributed by atoms with van der Waals surface area (Å²) in [6.07, 6.45) is 2.20. The first kappa shape index (κ1) is 19.4. The fourth-order valence-electron chi connectivity index (χ4n) is 2.30. The number of ether oxygens (including phenoxy) is 1. The first-order valence-corrected chi connectivity index (χ1v) is 8.26. The fourth-order valence-corrected chi connectivity index (χ4v) is 2.30. The standard InChI is InChI=1S/C17H24N6O3/c1-12-10-13(16(24)18-8-9-26-3)4-5-14(12)21-17(25)19-7-6-15-22-20-11-23(15)2/h4-5,10-11H,6-9H2,1-3H3,(H,18,24)(H2,19,21,25). The van der Waals surface area contributed by atoms with Crippen LogP contribution in [0.15, 0.2) is 24.5 Å². The van der Waals surface area contributed by atoms with Crippen molar-refractivity contribution in [1.29, 1.82) is 0 Å². The van der Waals surface area contributed by atoms with Crippen LogP contribution < -0.4 is 16.0 Å². The minimum Gasteiger partial charge on any atom is -0.383 e. The molecule has 3 amide bonds. The third-order valence-electron chi connectivity index (χ3n) is 3.77. The summed E-state index contributed by atoms with van der Waals surface area (Å²) >= 11 is 0. The molecule has 9 nitrogen and oxygen atoms in total. The van der Waals surface area contributed by atoms with Crippen molar-refractivity contribution < 1.29 is 14.3 Å². The highest BCUT2D eigenvalue weighted by Crippen LogP contribution is 2.16. The van der Waals surface area contributed by atoms with Gasteiger partial charge >= 0.3 is 6.03 Å². The molecular weight excluding hydrogens is 336 g/mol. The van der Waals surface area contributed by atoms with Crippen molar-refractivity contribution in [3.63, 3.8) is 0 Å². The Hall–Kier alpha value is -2.94. The average Bonchev–Trinajstić information content (AvgIpc) is 3.02. The van der Waals surface area contributed by atoms with Gasteiger partial charge in [-0.05, 0) is 30.7 Å². The van der Waals surface area contributed by atoms with E-state index in [2.05, 4.69) is 26.1 Å². The number of benzene rings is 1. The number of aryl methyl sites for hydroxylation is 2. The Morgan fingerprint density at radius 1 is 1.23 bits per heavy atom. The van der Waals surface area contributed by atoms with Crippen LogP contribution in [0.4, 0.5) is 10.5 Å². The Morgan fingerprint density at radius 3 is 2.69 bits per heavy atom. The summed E-state index contributed by atoms with van der Waals surface area (Å²) in [7, 11) is 3.43. The van der Waals surface area contributed by atoms with Gasteiger partial charge in [0, 0.05) is 44.9 Å². The number of urea groups is 1. The van der Waals surface area contributed by atoms with Gasteiger partial charge in [0.05, 0.1) is 6.61 Å². The normalized spacial score (nSPS) is 10.4. The van der Waals surface area contributed by atoms with Crippen molar-refractivity contribution in [3.8, 4) is 0 Å². The van der Waals surface area contributed by atoms with E-state index in [9.17, 15) is 9.59 Å². The van der Waals surface area contributed by atoms with Crippen LogP contribution in [0.2, 0.25) is 0 Å². The van der Waals surface area contributed by atoms with Crippen molar-refractivity contribution in [1.82, 2.24) is 25.4 Å². The van der Waals surface area contributed by atoms with Gasteiger partial charge in [0.2, 0.25) is 0 Å². The number of methoxy groups -OCH3 is 1. The predicted octanol–water partition coefficient (Wildman–Crippen LogP) is 0.864. The number of amides is 3. The number of hydrogen-bond donors (Lipinski definition) is 3. The van der Waals surface area contributed by atoms with E-state index in [0.29, 0.717) is 37.4 Å². The van der Waals surface area contributed by atoms with Gasteiger partial charge in [-0.15, -0.1) is 10.2 Å². The summed E-state index contributed by atoms with van der Waals surface area (Å²) in [6.45, 7) is 3.18. The summed E-state index contributed by atoms with van der Waals surface area (Å²) in [6, 6.07) is 4.80. The number of carbonyl (C=O) groups is 2. The Kier molecular flexibility index (Phi) is 7.10. The van der Waals surface area contributed by atoms with Crippen LogP contribution in [-0.2, 0) is 18.2 Å². The molecule has 9 heteroatoms. The molecule has 0 fully saturated rings. The van der Waals surface area contributed by atoms with Gasteiger partial charge in [0.1, 0.15) is 12.2 Å². The molecule has 1 heterocycles. The van der Waals surface area contributed by atoms with Gasteiger partial charge < -0.3 is 25.3 Å². The molecule has 0 saturated heterocycles. The largest absolute Gasteiger partial charge is 0.383 e. The van der Waals surface area contributed by atoms with Gasteiger partial charge in [-0.2, -0.15) is 0 Å². The summed E-state index contributed by atoms with van der Waals surface area (Å²) in [5, 5.41) is 16.1. The zero-order chi connectivity index (χ0) is 18.9. The molecule has 0 aliphatic carbocycles. The third-order valence-corrected chi connectivity index (χ3v) is 3.77. The van der Waals surface area contributed by atoms with Crippen LogP contribution in [0.1, 0.15) is 21.7 Å². The highest BCUT2D eigenvalue weighted by molar-refractivity contribution is 5.96. The molecule has 2 rings (SSSR count). The van der Waals surface area contributed by atoms with E-state index >= 15 is 0 Å². The lowest BCUT2D eigenvalue weighted by atomic mass is 10.1. The SMILES string of the molecule is COCCNC(=O)c1ccc(NC(=O)NCCc2nncn2C)c(C)c1. The summed E-state index contributed by atoms with van der Waals surface area (Å²) < 4.78 is 6.70. The van der Waals surface area contributed by atoms with E-state index < -0.39 is 0 Å². The molecule has 140 valence electrons. The van der Waals surface area contributed by atoms with E-state index in [-0.39, 0.29) is 11.9 Å². The molecular formula is C17H24N6O3. The number of anilines is 1. The van der Waals surface area contributed by atoms with E-state index in [4.69, 9.17) is 4.74 Å². The van der Waals surface area contributed by atoms with Crippen molar-refractivity contribution >= 4 is 17.6 Å². The number of nitrogens with zero attached hydrogens (tertiary/aromatic N) is 3. The zero-order valence-corrected chi connectivity index (χ0v) is 15.2. The molecule has 0 atom stereocenters. The van der Waals surface area contributed by atoms with E-state index in [0.717, 1.165) is 11.4 Å². The van der Waals surface area contributed by atoms with Gasteiger partial charge in [0.25, 0.3) is 5.91 Å². The predicted molar refractivity (Wildman–Crippen MR) is 97.1 cm³/mol. The maximum absolute atomic E-state index is 12.0. The van der Waals surface area contributed by atoms with Crippen LogP contribution >= 0.6 is 0 Å². The first-order valence-electron chi connectivity index (χ1n) is 8.26. The minimum absolute atomic E-state index is 0.176. The molecule has 1 aromatic carbocycles. The summed E-state index contributed by atoms with van der Waals surface area (Å²) in [4.78, 5) is 24.0. The Bertz CT molecular complexity index is 759. The van der Waals surface area contributed by atoms with Gasteiger partial charge in [-0.3, -0.25) is 4.79 Å². The maximum Gasteiger partial charge on any atom is 0.319 e. The second-order valence-electron chi connectivity index (χ2n) is 5.77. The number of nitrogens with one attached hydrogen (secondary N) is 3. The average molecular weight is 360 g/mol. The fraction of sp³-hybridized carbons (Fsp3) is 0.412. The Morgan fingerprint density at radius 2 is 2.04 bits per heavy atom. The molecule has 0 spiro atoms. The van der Waals surface area contributed by atoms with Gasteiger partial charge in [-0.25, -0.2) is 4.79 Å². The van der Waals surface area contributed by atoms with E-state index in [1.807, 2.05) is 14.0 Å². The Balaban J connectivity index is 1.83. The topological polar surface area (TPSA) is 110 Å². The summed E-state index contributed by atoms with van der Waals surface area (Å²) in [5.41, 5.74) is 1.98. The highest BCUT2D eigenvalue weighted by atomic mass is 16.5. The van der Waals surface area contributed by atoms with Gasteiger partial charge in [-0.1, -0.05) is 0 Å². The Labute approximate surface area is 152 Å². The lowest BCUT2D eigenvalue weighted by Crippen LogP contribution is -2.31. The maximum atomic E-state index is 12.0. The monoisotopic (exact) mass is 360 g/mol. The molecule has 0 radical (unpaired) electrons. The zero-order valence-electron chi connectivity index (χ0n) is 15.2. The molecule has 2 aromatic rings. The first-order chi connectivity index (χ1) is 12.5. The smallest absolute Gasteiger partial charge is 0.319 e. The number of aromatic nitrogens is 3. The molecule has 26 heavy (non-hydrogen) atoms. The molecule has 3 N–H and O–H groups in total. The molecule has 0 bridgehead atoms. The van der Waals surface area contributed by atoms with Crippen LogP contribution in [0.3, 0.4) is 0 Å². The third kappa shape index (κ3) is 5.55. The lowest BCUT2D eigenvalue weighted by molar-refractivity contribution is 0.0937. The molecule has 0 saturated carbocycles. The van der Waals surface area contributed by atoms with E-state index in [1.165, 1.54) is 0 Å². The lowest BCUT2D eigenvalue weighted by Gasteiger charge is -2.11. The van der Waals surface area contributed by atoms with Crippen LogP contribution in [0, 0.1) is 6.92 Å². The van der Waals surface area contributed by atoms with E-state index in [1.54, 1.807) is 36.2 Å². The number of hydrogen-bond acceptors (Lipinski definition) is 5. The van der Waals surface area contributed by atoms with Crippen LogP contribution in [0.25, 0.3) is 0 Å². The molecule has 1 aromatic heterocycles. The highest BCUT2D eigenvalue weighted by Gasteiger charge is 2.09. The number of carbonyl (C=O) groups excluding carboxylic acids is 2. The minimum atomic E-state index is -0.312. The van der Waals surface area contributed by atoms with Crippen molar-refractivity contribution in [2.75, 3.05) is 32.1 Å². The quantitative estimate of drug-likeness (QED) is 0.605. The molecule has 0 aliphatic heterocycles. The summed E-state index contributed by atoms with van der Waals surface area (Å²) in [5.74, 6) is 0.621. The number of rotatable bonds is 8. The second kappa shape index (κ2) is 9.52. The molecule has 0 aliphatic rings. The van der Waals surface area contributed by atoms with Gasteiger partial charge in [0.15, 0.2) is 0 Å². The van der Waals surface area contributed by atoms with Crippen molar-refractivity contribution in [3.05, 3.63) is 41.5 Å². The van der Waals surface area contributed by atoms with Crippen molar-refractivity contribution in [2.24, 2.45) is 7.05 Å². The van der Waals surface area contributed by atoms with Crippen LogP contribution in [0.5, 0.6) is 0 Å². The van der Waals surface area contributed by atoms with Crippen molar-refractivity contribution in [2.45, 2.75) is 13.3 Å². The molecule has 0 unspecified atom stereocenters. The van der Waals surface area contributed by atoms with Crippen LogP contribution in [-0.4, -0.2) is 53.5 Å². The second-order valence-corrected chi connectivity index (χ2v) is 5.77.